The second-order valence-electron chi connectivity index (χ2n) is 10.9. The summed E-state index contributed by atoms with van der Waals surface area (Å²) in [6, 6.07) is -0.0930. The van der Waals surface area contributed by atoms with Gasteiger partial charge < -0.3 is 40.8 Å². The molecule has 10 nitrogen and oxygen atoms in total. The molecule has 10 heteroatoms. The van der Waals surface area contributed by atoms with Gasteiger partial charge in [-0.15, -0.1) is 0 Å². The molecular weight excluding hydrogens is 490 g/mol. The van der Waals surface area contributed by atoms with E-state index in [9.17, 15) is 19.8 Å². The summed E-state index contributed by atoms with van der Waals surface area (Å²) >= 11 is 0. The van der Waals surface area contributed by atoms with Crippen molar-refractivity contribution in [1.82, 2.24) is 10.6 Å². The summed E-state index contributed by atoms with van der Waals surface area (Å²) in [5, 5.41) is 25.9. The highest BCUT2D eigenvalue weighted by atomic mass is 16.6. The fraction of sp³-hybridized carbons (Fsp3) is 0.714. The summed E-state index contributed by atoms with van der Waals surface area (Å²) in [4.78, 5) is 24.3. The normalized spacial score (nSPS) is 36.5. The van der Waals surface area contributed by atoms with Crippen LogP contribution in [0.4, 0.5) is 0 Å². The highest BCUT2D eigenvalue weighted by molar-refractivity contribution is 5.87. The number of nitrogens with one attached hydrogen (secondary N) is 2. The molecule has 2 amide bonds. The summed E-state index contributed by atoms with van der Waals surface area (Å²) in [5.74, 6) is -0.117. The molecule has 3 heterocycles. The Hall–Kier alpha value is -2.08. The molecule has 214 valence electrons. The van der Waals surface area contributed by atoms with Gasteiger partial charge >= 0.3 is 0 Å². The van der Waals surface area contributed by atoms with E-state index >= 15 is 0 Å². The third kappa shape index (κ3) is 8.72. The van der Waals surface area contributed by atoms with Gasteiger partial charge in [-0.05, 0) is 39.5 Å². The SMILES string of the molecule is CC(/C=C/[C@H]1O[C@H](CC(=O)NCCN)C[C@@]2(CO2)[C@@H]1O)=C\C[C@@H]1O[C@H](C)[C@H](NC(=O)/C=C\[C@H](C)O)C[C@@H]1C. The topological polar surface area (TPSA) is 156 Å². The number of epoxide rings is 1. The molecule has 0 aromatic carbocycles. The first-order valence-electron chi connectivity index (χ1n) is 13.6. The number of carbonyl (C=O) groups excluding carboxylic acids is 2. The lowest BCUT2D eigenvalue weighted by molar-refractivity contribution is -0.145. The second-order valence-corrected chi connectivity index (χ2v) is 10.9. The van der Waals surface area contributed by atoms with Crippen molar-refractivity contribution in [3.63, 3.8) is 0 Å². The van der Waals surface area contributed by atoms with Crippen LogP contribution in [0.15, 0.2) is 36.0 Å². The fourth-order valence-corrected chi connectivity index (χ4v) is 5.08. The molecule has 0 aromatic heterocycles. The van der Waals surface area contributed by atoms with Crippen molar-refractivity contribution in [3.05, 3.63) is 36.0 Å². The minimum Gasteiger partial charge on any atom is -0.389 e. The Labute approximate surface area is 225 Å². The number of aliphatic hydroxyl groups excluding tert-OH is 2. The smallest absolute Gasteiger partial charge is 0.244 e. The molecule has 0 radical (unpaired) electrons. The molecule has 3 saturated heterocycles. The Morgan fingerprint density at radius 1 is 1.24 bits per heavy atom. The monoisotopic (exact) mass is 535 g/mol. The summed E-state index contributed by atoms with van der Waals surface area (Å²) in [5.41, 5.74) is 5.83. The summed E-state index contributed by atoms with van der Waals surface area (Å²) in [7, 11) is 0. The van der Waals surface area contributed by atoms with E-state index in [0.717, 1.165) is 18.4 Å². The van der Waals surface area contributed by atoms with Gasteiger partial charge in [-0.2, -0.15) is 0 Å². The van der Waals surface area contributed by atoms with Gasteiger partial charge in [0.1, 0.15) is 17.8 Å². The Bertz CT molecular complexity index is 899. The van der Waals surface area contributed by atoms with E-state index in [1.54, 1.807) is 6.92 Å². The lowest BCUT2D eigenvalue weighted by Crippen LogP contribution is -2.51. The van der Waals surface area contributed by atoms with Crippen LogP contribution in [0.1, 0.15) is 53.4 Å². The van der Waals surface area contributed by atoms with Gasteiger partial charge in [0.05, 0.1) is 43.5 Å². The Balaban J connectivity index is 1.52. The van der Waals surface area contributed by atoms with E-state index in [0.29, 0.717) is 26.1 Å². The number of rotatable bonds is 11. The largest absolute Gasteiger partial charge is 0.389 e. The van der Waals surface area contributed by atoms with Gasteiger partial charge in [0.2, 0.25) is 11.8 Å². The molecule has 0 unspecified atom stereocenters. The zero-order chi connectivity index (χ0) is 27.9. The van der Waals surface area contributed by atoms with Gasteiger partial charge in [-0.1, -0.05) is 36.8 Å². The lowest BCUT2D eigenvalue weighted by Gasteiger charge is -2.39. The number of allylic oxidation sites excluding steroid dienone is 2. The Morgan fingerprint density at radius 3 is 2.63 bits per heavy atom. The van der Waals surface area contributed by atoms with E-state index in [2.05, 4.69) is 23.6 Å². The third-order valence-electron chi connectivity index (χ3n) is 7.46. The van der Waals surface area contributed by atoms with Crippen LogP contribution in [-0.4, -0.2) is 90.0 Å². The van der Waals surface area contributed by atoms with E-state index in [4.69, 9.17) is 19.9 Å². The molecule has 0 aliphatic carbocycles. The highest BCUT2D eigenvalue weighted by Crippen LogP contribution is 2.43. The van der Waals surface area contributed by atoms with E-state index in [-0.39, 0.29) is 48.5 Å². The van der Waals surface area contributed by atoms with Crippen molar-refractivity contribution < 1.29 is 34.0 Å². The molecule has 0 bridgehead atoms. The minimum atomic E-state index is -0.792. The van der Waals surface area contributed by atoms with Gasteiger partial charge in [-0.25, -0.2) is 0 Å². The quantitative estimate of drug-likeness (QED) is 0.148. The zero-order valence-corrected chi connectivity index (χ0v) is 23.0. The van der Waals surface area contributed by atoms with Crippen LogP contribution in [0.25, 0.3) is 0 Å². The maximum absolute atomic E-state index is 12.1. The van der Waals surface area contributed by atoms with Crippen LogP contribution >= 0.6 is 0 Å². The van der Waals surface area contributed by atoms with Crippen molar-refractivity contribution in [1.29, 1.82) is 0 Å². The standard InChI is InChI=1S/C28H45N3O7/c1-17(5-8-23-18(2)13-22(20(4)37-23)31-25(33)10-7-19(3)32)6-9-24-27(35)28(16-36-28)15-21(38-24)14-26(34)30-12-11-29/h5-7,9-10,18-24,27,32,35H,8,11-16,29H2,1-4H3,(H,30,34)(H,31,33)/b9-6+,10-7-,17-5+/t18-,19-,20+,21+,22+,23-,24+,27+,28+/m0/s1. The van der Waals surface area contributed by atoms with E-state index in [1.807, 2.05) is 26.0 Å². The number of hydrogen-bond acceptors (Lipinski definition) is 8. The number of hydrogen-bond donors (Lipinski definition) is 5. The fourth-order valence-electron chi connectivity index (χ4n) is 5.08. The van der Waals surface area contributed by atoms with E-state index < -0.39 is 23.9 Å². The second kappa shape index (κ2) is 13.8. The van der Waals surface area contributed by atoms with Crippen LogP contribution in [0.5, 0.6) is 0 Å². The maximum atomic E-state index is 12.1. The highest BCUT2D eigenvalue weighted by Gasteiger charge is 2.58. The van der Waals surface area contributed by atoms with Crippen LogP contribution < -0.4 is 16.4 Å². The molecule has 0 saturated carbocycles. The van der Waals surface area contributed by atoms with Crippen LogP contribution in [0.3, 0.4) is 0 Å². The maximum Gasteiger partial charge on any atom is 0.244 e. The molecule has 0 aromatic rings. The van der Waals surface area contributed by atoms with Crippen molar-refractivity contribution >= 4 is 11.8 Å². The van der Waals surface area contributed by atoms with Gasteiger partial charge in [-0.3, -0.25) is 9.59 Å². The van der Waals surface area contributed by atoms with Gasteiger partial charge in [0, 0.05) is 25.6 Å². The summed E-state index contributed by atoms with van der Waals surface area (Å²) in [6.45, 7) is 8.92. The molecule has 6 N–H and O–H groups in total. The van der Waals surface area contributed by atoms with Crippen molar-refractivity contribution in [2.45, 2.75) is 102 Å². The van der Waals surface area contributed by atoms with Gasteiger partial charge in [0.25, 0.3) is 0 Å². The third-order valence-corrected chi connectivity index (χ3v) is 7.46. The molecule has 3 aliphatic heterocycles. The van der Waals surface area contributed by atoms with Crippen LogP contribution in [0.2, 0.25) is 0 Å². The van der Waals surface area contributed by atoms with E-state index in [1.165, 1.54) is 12.2 Å². The van der Waals surface area contributed by atoms with Crippen molar-refractivity contribution in [2.75, 3.05) is 19.7 Å². The molecule has 3 fully saturated rings. The molecule has 1 spiro atoms. The zero-order valence-electron chi connectivity index (χ0n) is 23.0. The van der Waals surface area contributed by atoms with Crippen LogP contribution in [0, 0.1) is 5.92 Å². The van der Waals surface area contributed by atoms with Crippen LogP contribution in [-0.2, 0) is 23.8 Å². The summed E-state index contributed by atoms with van der Waals surface area (Å²) in [6.07, 6.45) is 8.38. The molecule has 3 rings (SSSR count). The number of aliphatic hydroxyl groups is 2. The van der Waals surface area contributed by atoms with Crippen molar-refractivity contribution in [3.8, 4) is 0 Å². The average Bonchev–Trinajstić information content (AvgIpc) is 3.63. The number of ether oxygens (including phenoxy) is 3. The molecule has 3 aliphatic rings. The predicted octanol–water partition coefficient (Wildman–Crippen LogP) is 0.867. The average molecular weight is 536 g/mol. The first-order chi connectivity index (χ1) is 18.0. The minimum absolute atomic E-state index is 0.0191. The van der Waals surface area contributed by atoms with Crippen molar-refractivity contribution in [2.24, 2.45) is 11.7 Å². The first-order valence-corrected chi connectivity index (χ1v) is 13.6. The molecule has 9 atom stereocenters. The summed E-state index contributed by atoms with van der Waals surface area (Å²) < 4.78 is 17.9. The Kier molecular flexibility index (Phi) is 11.1. The lowest BCUT2D eigenvalue weighted by atomic mass is 9.87. The Morgan fingerprint density at radius 2 is 1.97 bits per heavy atom. The first kappa shape index (κ1) is 30.5. The number of carbonyl (C=O) groups is 2. The van der Waals surface area contributed by atoms with Gasteiger partial charge in [0.15, 0.2) is 0 Å². The predicted molar refractivity (Wildman–Crippen MR) is 143 cm³/mol. The molecule has 38 heavy (non-hydrogen) atoms. The number of amides is 2. The number of nitrogens with two attached hydrogens (primary N) is 1. The molecular formula is C28H45N3O7.